The van der Waals surface area contributed by atoms with Crippen molar-refractivity contribution in [2.75, 3.05) is 11.4 Å². The van der Waals surface area contributed by atoms with E-state index >= 15 is 0 Å². The molecule has 3 rings (SSSR count). The van der Waals surface area contributed by atoms with Gasteiger partial charge in [0.1, 0.15) is 0 Å². The molecule has 1 aromatic carbocycles. The number of aromatic nitrogens is 2. The summed E-state index contributed by atoms with van der Waals surface area (Å²) in [6.07, 6.45) is 2.81. The summed E-state index contributed by atoms with van der Waals surface area (Å²) >= 11 is 0. The molecule has 20 heavy (non-hydrogen) atoms. The molecule has 1 aliphatic heterocycles. The number of hydrogen-bond donors (Lipinski definition) is 1. The van der Waals surface area contributed by atoms with Crippen LogP contribution in [-0.2, 0) is 19.4 Å². The minimum absolute atomic E-state index is 0.155. The zero-order valence-corrected chi connectivity index (χ0v) is 11.7. The topological polar surface area (TPSA) is 68.2 Å². The second-order valence-corrected chi connectivity index (χ2v) is 5.33. The first-order chi connectivity index (χ1) is 9.76. The highest BCUT2D eigenvalue weighted by atomic mass is 16.5. The van der Waals surface area contributed by atoms with Crippen LogP contribution in [0.25, 0.3) is 0 Å². The first-order valence-electron chi connectivity index (χ1n) is 7.16. The summed E-state index contributed by atoms with van der Waals surface area (Å²) in [5.41, 5.74) is 8.66. The molecule has 1 unspecified atom stereocenters. The number of para-hydroxylation sites is 1. The van der Waals surface area contributed by atoms with Crippen LogP contribution in [0.1, 0.15) is 30.6 Å². The Kier molecular flexibility index (Phi) is 3.69. The molecule has 2 heterocycles. The predicted molar refractivity (Wildman–Crippen MR) is 77.5 cm³/mol. The van der Waals surface area contributed by atoms with E-state index in [1.54, 1.807) is 0 Å². The Bertz CT molecular complexity index is 581. The van der Waals surface area contributed by atoms with Gasteiger partial charge in [-0.1, -0.05) is 30.3 Å². The first-order valence-corrected chi connectivity index (χ1v) is 7.16. The monoisotopic (exact) mass is 272 g/mol. The summed E-state index contributed by atoms with van der Waals surface area (Å²) in [4.78, 5) is 6.66. The lowest BCUT2D eigenvalue weighted by Crippen LogP contribution is -2.42. The van der Waals surface area contributed by atoms with E-state index in [9.17, 15) is 0 Å². The van der Waals surface area contributed by atoms with Gasteiger partial charge in [0.25, 0.3) is 0 Å². The average molecular weight is 272 g/mol. The van der Waals surface area contributed by atoms with Crippen molar-refractivity contribution in [1.82, 2.24) is 10.1 Å². The summed E-state index contributed by atoms with van der Waals surface area (Å²) in [7, 11) is 0. The van der Waals surface area contributed by atoms with Crippen molar-refractivity contribution < 1.29 is 4.52 Å². The van der Waals surface area contributed by atoms with Crippen molar-refractivity contribution in [3.8, 4) is 0 Å². The van der Waals surface area contributed by atoms with Gasteiger partial charge in [0, 0.05) is 24.7 Å². The highest BCUT2D eigenvalue weighted by Crippen LogP contribution is 2.27. The van der Waals surface area contributed by atoms with Gasteiger partial charge in [-0.25, -0.2) is 0 Å². The van der Waals surface area contributed by atoms with E-state index in [0.717, 1.165) is 31.6 Å². The molecular weight excluding hydrogens is 252 g/mol. The molecular formula is C15H20N4O. The van der Waals surface area contributed by atoms with Crippen LogP contribution in [-0.4, -0.2) is 22.7 Å². The number of aryl methyl sites for hydroxylation is 1. The molecule has 0 fully saturated rings. The molecule has 0 spiro atoms. The molecule has 2 N–H and O–H groups in total. The number of anilines is 1. The van der Waals surface area contributed by atoms with Crippen molar-refractivity contribution >= 4 is 5.69 Å². The molecule has 0 radical (unpaired) electrons. The fourth-order valence-electron chi connectivity index (χ4n) is 2.71. The summed E-state index contributed by atoms with van der Waals surface area (Å²) in [5.74, 6) is 1.45. The normalized spacial score (nSPS) is 18.1. The Balaban J connectivity index is 1.79. The quantitative estimate of drug-likeness (QED) is 0.920. The van der Waals surface area contributed by atoms with Crippen LogP contribution in [0.4, 0.5) is 5.69 Å². The number of nitrogens with two attached hydrogens (primary N) is 1. The van der Waals surface area contributed by atoms with Gasteiger partial charge in [0.2, 0.25) is 5.89 Å². The van der Waals surface area contributed by atoms with Crippen molar-refractivity contribution in [3.05, 3.63) is 41.5 Å². The van der Waals surface area contributed by atoms with Crippen LogP contribution in [0.15, 0.2) is 28.8 Å². The second-order valence-electron chi connectivity index (χ2n) is 5.33. The van der Waals surface area contributed by atoms with Crippen LogP contribution in [0.5, 0.6) is 0 Å². The lowest BCUT2D eigenvalue weighted by atomic mass is 9.98. The molecule has 2 aromatic rings. The van der Waals surface area contributed by atoms with E-state index in [0.29, 0.717) is 12.4 Å². The largest absolute Gasteiger partial charge is 0.360 e. The van der Waals surface area contributed by atoms with Gasteiger partial charge < -0.3 is 15.2 Å². The Morgan fingerprint density at radius 1 is 1.40 bits per heavy atom. The average Bonchev–Trinajstić information content (AvgIpc) is 2.86. The van der Waals surface area contributed by atoms with Crippen molar-refractivity contribution in [2.45, 2.75) is 38.8 Å². The molecule has 5 nitrogen and oxygen atoms in total. The number of hydrogen-bond acceptors (Lipinski definition) is 5. The number of rotatable bonds is 4. The molecule has 0 aliphatic carbocycles. The van der Waals surface area contributed by atoms with Gasteiger partial charge in [-0.15, -0.1) is 0 Å². The maximum Gasteiger partial charge on any atom is 0.246 e. The fourth-order valence-corrected chi connectivity index (χ4v) is 2.71. The van der Waals surface area contributed by atoms with Crippen LogP contribution in [0, 0.1) is 0 Å². The van der Waals surface area contributed by atoms with E-state index in [1.165, 1.54) is 11.3 Å². The molecule has 1 aromatic heterocycles. The number of benzene rings is 1. The van der Waals surface area contributed by atoms with Gasteiger partial charge in [-0.05, 0) is 24.5 Å². The zero-order chi connectivity index (χ0) is 13.9. The number of nitrogens with zero attached hydrogens (tertiary/aromatic N) is 3. The van der Waals surface area contributed by atoms with Crippen molar-refractivity contribution in [3.63, 3.8) is 0 Å². The van der Waals surface area contributed by atoms with Gasteiger partial charge in [-0.3, -0.25) is 0 Å². The van der Waals surface area contributed by atoms with E-state index in [-0.39, 0.29) is 6.04 Å². The van der Waals surface area contributed by atoms with Crippen LogP contribution in [0.3, 0.4) is 0 Å². The standard InChI is InChI=1S/C15H20N4O/c1-2-5-14-17-15(20-18-14)10-19-9-12(16)8-11-6-3-4-7-13(11)19/h3-4,6-7,12H,2,5,8-10,16H2,1H3. The third kappa shape index (κ3) is 2.67. The molecule has 0 bridgehead atoms. The zero-order valence-electron chi connectivity index (χ0n) is 11.7. The van der Waals surface area contributed by atoms with Crippen molar-refractivity contribution in [2.24, 2.45) is 5.73 Å². The predicted octanol–water partition coefficient (Wildman–Crippen LogP) is 1.91. The molecule has 0 saturated heterocycles. The maximum atomic E-state index is 6.14. The molecule has 106 valence electrons. The maximum absolute atomic E-state index is 6.14. The second kappa shape index (κ2) is 5.63. The summed E-state index contributed by atoms with van der Waals surface area (Å²) in [6.45, 7) is 3.56. The Morgan fingerprint density at radius 2 is 2.25 bits per heavy atom. The lowest BCUT2D eigenvalue weighted by Gasteiger charge is -2.33. The van der Waals surface area contributed by atoms with Crippen LogP contribution >= 0.6 is 0 Å². The third-order valence-corrected chi connectivity index (χ3v) is 3.58. The first kappa shape index (κ1) is 13.1. The Labute approximate surface area is 118 Å². The van der Waals surface area contributed by atoms with E-state index in [2.05, 4.69) is 46.2 Å². The highest BCUT2D eigenvalue weighted by molar-refractivity contribution is 5.56. The van der Waals surface area contributed by atoms with Crippen LogP contribution in [0.2, 0.25) is 0 Å². The minimum atomic E-state index is 0.155. The van der Waals surface area contributed by atoms with Gasteiger partial charge >= 0.3 is 0 Å². The van der Waals surface area contributed by atoms with Crippen LogP contribution < -0.4 is 10.6 Å². The fraction of sp³-hybridized carbons (Fsp3) is 0.467. The summed E-state index contributed by atoms with van der Waals surface area (Å²) < 4.78 is 5.33. The molecule has 0 saturated carbocycles. The van der Waals surface area contributed by atoms with Gasteiger partial charge in [0.15, 0.2) is 5.82 Å². The smallest absolute Gasteiger partial charge is 0.246 e. The molecule has 5 heteroatoms. The van der Waals surface area contributed by atoms with Gasteiger partial charge in [-0.2, -0.15) is 4.98 Å². The highest BCUT2D eigenvalue weighted by Gasteiger charge is 2.23. The molecule has 0 amide bonds. The SMILES string of the molecule is CCCc1noc(CN2CC(N)Cc3ccccc32)n1. The Hall–Kier alpha value is -1.88. The van der Waals surface area contributed by atoms with E-state index < -0.39 is 0 Å². The molecule has 1 aliphatic rings. The number of fused-ring (bicyclic) bond motifs is 1. The minimum Gasteiger partial charge on any atom is -0.360 e. The van der Waals surface area contributed by atoms with Gasteiger partial charge in [0.05, 0.1) is 6.54 Å². The van der Waals surface area contributed by atoms with E-state index in [4.69, 9.17) is 10.3 Å². The summed E-state index contributed by atoms with van der Waals surface area (Å²) in [5, 5.41) is 4.00. The molecule has 1 atom stereocenters. The Morgan fingerprint density at radius 3 is 3.10 bits per heavy atom. The lowest BCUT2D eigenvalue weighted by molar-refractivity contribution is 0.368. The third-order valence-electron chi connectivity index (χ3n) is 3.58. The van der Waals surface area contributed by atoms with Crippen molar-refractivity contribution in [1.29, 1.82) is 0 Å². The summed E-state index contributed by atoms with van der Waals surface area (Å²) in [6, 6.07) is 8.53. The van der Waals surface area contributed by atoms with E-state index in [1.807, 2.05) is 0 Å².